The molecule has 1 heterocycles. The number of halogens is 2. The Hall–Kier alpha value is -1.13. The van der Waals surface area contributed by atoms with Crippen molar-refractivity contribution in [2.24, 2.45) is 0 Å². The number of hydrogen-bond acceptors (Lipinski definition) is 2. The van der Waals surface area contributed by atoms with Crippen molar-refractivity contribution >= 4 is 17.5 Å². The van der Waals surface area contributed by atoms with E-state index < -0.39 is 5.82 Å². The van der Waals surface area contributed by atoms with Crippen LogP contribution >= 0.6 is 11.6 Å². The second-order valence-electron chi connectivity index (χ2n) is 4.70. The van der Waals surface area contributed by atoms with Crippen LogP contribution in [0.3, 0.4) is 0 Å². The number of rotatable bonds is 1. The van der Waals surface area contributed by atoms with E-state index >= 15 is 0 Å². The van der Waals surface area contributed by atoms with Crippen LogP contribution in [0.15, 0.2) is 18.2 Å². The fourth-order valence-corrected chi connectivity index (χ4v) is 2.49. The highest BCUT2D eigenvalue weighted by Gasteiger charge is 2.29. The monoisotopic (exact) mass is 270 g/mol. The van der Waals surface area contributed by atoms with Crippen molar-refractivity contribution in [2.45, 2.75) is 25.9 Å². The summed E-state index contributed by atoms with van der Waals surface area (Å²) >= 11 is 5.71. The van der Waals surface area contributed by atoms with Gasteiger partial charge in [0.15, 0.2) is 0 Å². The molecule has 1 aromatic rings. The van der Waals surface area contributed by atoms with Gasteiger partial charge in [0.2, 0.25) is 0 Å². The van der Waals surface area contributed by atoms with Gasteiger partial charge in [0, 0.05) is 30.7 Å². The molecule has 0 saturated carbocycles. The predicted molar refractivity (Wildman–Crippen MR) is 69.4 cm³/mol. The molecule has 1 aliphatic heterocycles. The van der Waals surface area contributed by atoms with Crippen molar-refractivity contribution in [3.05, 3.63) is 34.6 Å². The zero-order valence-electron chi connectivity index (χ0n) is 10.4. The summed E-state index contributed by atoms with van der Waals surface area (Å²) in [6.07, 6.45) is 0. The summed E-state index contributed by atoms with van der Waals surface area (Å²) in [5.74, 6) is -0.604. The average Bonchev–Trinajstić information content (AvgIpc) is 2.32. The Balaban J connectivity index is 2.26. The zero-order chi connectivity index (χ0) is 13.3. The van der Waals surface area contributed by atoms with Crippen LogP contribution in [0.2, 0.25) is 5.02 Å². The molecule has 5 heteroatoms. The second kappa shape index (κ2) is 5.24. The van der Waals surface area contributed by atoms with Gasteiger partial charge in [0.1, 0.15) is 5.82 Å². The molecular weight excluding hydrogens is 255 g/mol. The lowest BCUT2D eigenvalue weighted by atomic mass is 10.1. The van der Waals surface area contributed by atoms with Gasteiger partial charge >= 0.3 is 0 Å². The van der Waals surface area contributed by atoms with Gasteiger partial charge in [-0.15, -0.1) is 0 Å². The van der Waals surface area contributed by atoms with Crippen LogP contribution in [-0.2, 0) is 0 Å². The second-order valence-corrected chi connectivity index (χ2v) is 5.10. The van der Waals surface area contributed by atoms with Gasteiger partial charge in [0.05, 0.1) is 5.02 Å². The Morgan fingerprint density at radius 2 is 2.00 bits per heavy atom. The van der Waals surface area contributed by atoms with Gasteiger partial charge < -0.3 is 10.2 Å². The minimum atomic E-state index is -0.505. The van der Waals surface area contributed by atoms with Crippen LogP contribution in [0.25, 0.3) is 0 Å². The Kier molecular flexibility index (Phi) is 3.88. The summed E-state index contributed by atoms with van der Waals surface area (Å²) in [4.78, 5) is 14.2. The largest absolute Gasteiger partial charge is 0.331 e. The van der Waals surface area contributed by atoms with Crippen LogP contribution in [0.4, 0.5) is 4.39 Å². The van der Waals surface area contributed by atoms with Gasteiger partial charge in [-0.2, -0.15) is 0 Å². The third kappa shape index (κ3) is 2.49. The summed E-state index contributed by atoms with van der Waals surface area (Å²) in [5, 5.41) is 3.24. The molecular formula is C13H16ClFN2O. The maximum absolute atomic E-state index is 13.1. The molecule has 1 saturated heterocycles. The van der Waals surface area contributed by atoms with Gasteiger partial charge in [-0.1, -0.05) is 11.6 Å². The van der Waals surface area contributed by atoms with Crippen molar-refractivity contribution < 1.29 is 9.18 Å². The van der Waals surface area contributed by atoms with Crippen molar-refractivity contribution in [1.82, 2.24) is 10.2 Å². The van der Waals surface area contributed by atoms with E-state index in [1.165, 1.54) is 18.2 Å². The molecule has 3 nitrogen and oxygen atoms in total. The standard InChI is InChI=1S/C13H16ClFN2O/c1-8-6-16-7-9(2)17(8)13(18)10-3-4-12(15)11(14)5-10/h3-5,8-9,16H,6-7H2,1-2H3. The lowest BCUT2D eigenvalue weighted by Crippen LogP contribution is -2.57. The van der Waals surface area contributed by atoms with Crippen LogP contribution in [0.1, 0.15) is 24.2 Å². The number of nitrogens with one attached hydrogen (secondary N) is 1. The maximum atomic E-state index is 13.1. The molecule has 0 spiro atoms. The first-order valence-electron chi connectivity index (χ1n) is 5.99. The molecule has 0 aromatic heterocycles. The fraction of sp³-hybridized carbons (Fsp3) is 0.462. The lowest BCUT2D eigenvalue weighted by molar-refractivity contribution is 0.0544. The normalized spacial score (nSPS) is 24.1. The first-order chi connectivity index (χ1) is 8.50. The molecule has 18 heavy (non-hydrogen) atoms. The van der Waals surface area contributed by atoms with E-state index in [2.05, 4.69) is 5.32 Å². The van der Waals surface area contributed by atoms with E-state index in [-0.39, 0.29) is 23.0 Å². The van der Waals surface area contributed by atoms with Crippen molar-refractivity contribution in [3.63, 3.8) is 0 Å². The van der Waals surface area contributed by atoms with E-state index in [1.807, 2.05) is 18.7 Å². The Labute approximate surface area is 111 Å². The SMILES string of the molecule is CC1CNCC(C)N1C(=O)c1ccc(F)c(Cl)c1. The van der Waals surface area contributed by atoms with E-state index in [0.29, 0.717) is 5.56 Å². The topological polar surface area (TPSA) is 32.3 Å². The molecule has 2 atom stereocenters. The fourth-order valence-electron chi connectivity index (χ4n) is 2.31. The highest BCUT2D eigenvalue weighted by atomic mass is 35.5. The van der Waals surface area contributed by atoms with Gasteiger partial charge in [-0.3, -0.25) is 4.79 Å². The highest BCUT2D eigenvalue weighted by Crippen LogP contribution is 2.20. The number of carbonyl (C=O) groups is 1. The molecule has 1 aromatic carbocycles. The maximum Gasteiger partial charge on any atom is 0.254 e. The summed E-state index contributed by atoms with van der Waals surface area (Å²) < 4.78 is 13.1. The predicted octanol–water partition coefficient (Wildman–Crippen LogP) is 2.30. The first kappa shape index (κ1) is 13.3. The number of hydrogen-bond donors (Lipinski definition) is 1. The molecule has 1 N–H and O–H groups in total. The molecule has 1 aliphatic rings. The van der Waals surface area contributed by atoms with Gasteiger partial charge in [-0.05, 0) is 32.0 Å². The minimum Gasteiger partial charge on any atom is -0.331 e. The summed E-state index contributed by atoms with van der Waals surface area (Å²) in [6, 6.07) is 4.33. The van der Waals surface area contributed by atoms with Gasteiger partial charge in [0.25, 0.3) is 5.91 Å². The Morgan fingerprint density at radius 1 is 1.39 bits per heavy atom. The molecule has 0 radical (unpaired) electrons. The zero-order valence-corrected chi connectivity index (χ0v) is 11.2. The van der Waals surface area contributed by atoms with Crippen molar-refractivity contribution in [3.8, 4) is 0 Å². The quantitative estimate of drug-likeness (QED) is 0.849. The van der Waals surface area contributed by atoms with Crippen LogP contribution in [-0.4, -0.2) is 36.0 Å². The lowest BCUT2D eigenvalue weighted by Gasteiger charge is -2.39. The van der Waals surface area contributed by atoms with Crippen LogP contribution < -0.4 is 5.32 Å². The molecule has 2 rings (SSSR count). The van der Waals surface area contributed by atoms with E-state index in [9.17, 15) is 9.18 Å². The van der Waals surface area contributed by atoms with E-state index in [0.717, 1.165) is 13.1 Å². The van der Waals surface area contributed by atoms with Crippen LogP contribution in [0.5, 0.6) is 0 Å². The molecule has 0 bridgehead atoms. The third-order valence-electron chi connectivity index (χ3n) is 3.23. The van der Waals surface area contributed by atoms with Crippen molar-refractivity contribution in [1.29, 1.82) is 0 Å². The average molecular weight is 271 g/mol. The molecule has 0 aliphatic carbocycles. The number of carbonyl (C=O) groups excluding carboxylic acids is 1. The smallest absolute Gasteiger partial charge is 0.254 e. The number of nitrogens with zero attached hydrogens (tertiary/aromatic N) is 1. The summed E-state index contributed by atoms with van der Waals surface area (Å²) in [5.41, 5.74) is 0.432. The molecule has 2 unspecified atom stereocenters. The third-order valence-corrected chi connectivity index (χ3v) is 3.52. The van der Waals surface area contributed by atoms with Crippen molar-refractivity contribution in [2.75, 3.05) is 13.1 Å². The van der Waals surface area contributed by atoms with Crippen LogP contribution in [0, 0.1) is 5.82 Å². The highest BCUT2D eigenvalue weighted by molar-refractivity contribution is 6.31. The number of amides is 1. The summed E-state index contributed by atoms with van der Waals surface area (Å²) in [6.45, 7) is 5.52. The minimum absolute atomic E-state index is 0.0173. The Bertz CT molecular complexity index is 456. The number of benzene rings is 1. The van der Waals surface area contributed by atoms with E-state index in [1.54, 1.807) is 0 Å². The molecule has 1 amide bonds. The van der Waals surface area contributed by atoms with E-state index in [4.69, 9.17) is 11.6 Å². The van der Waals surface area contributed by atoms with Gasteiger partial charge in [-0.25, -0.2) is 4.39 Å². The summed E-state index contributed by atoms with van der Waals surface area (Å²) in [7, 11) is 0. The first-order valence-corrected chi connectivity index (χ1v) is 6.37. The molecule has 1 fully saturated rings. The number of piperazine rings is 1. The Morgan fingerprint density at radius 3 is 2.56 bits per heavy atom. The molecule has 98 valence electrons.